The Hall–Kier alpha value is -0.350. The average molecular weight is 265 g/mol. The number of halogens is 3. The summed E-state index contributed by atoms with van der Waals surface area (Å²) >= 11 is 4.91. The molecule has 0 saturated carbocycles. The number of thioether (sulfide) groups is 1. The molecule has 80 valence electrons. The molecule has 4 nitrogen and oxygen atoms in total. The molecule has 1 rings (SSSR count). The van der Waals surface area contributed by atoms with Crippen LogP contribution in [0, 0.1) is 0 Å². The van der Waals surface area contributed by atoms with E-state index in [2.05, 4.69) is 12.2 Å². The van der Waals surface area contributed by atoms with Crippen molar-refractivity contribution in [1.29, 1.82) is 0 Å². The third-order valence-corrected chi connectivity index (χ3v) is 4.28. The van der Waals surface area contributed by atoms with Gasteiger partial charge < -0.3 is 0 Å². The zero-order chi connectivity index (χ0) is 11.1. The fraction of sp³-hybridized carbons (Fsp3) is 0.500. The molecule has 0 aromatic carbocycles. The molecule has 1 amide bonds. The maximum atomic E-state index is 12.0. The third kappa shape index (κ3) is 1.73. The van der Waals surface area contributed by atoms with Crippen molar-refractivity contribution in [1.82, 2.24) is 4.31 Å². The van der Waals surface area contributed by atoms with Crippen LogP contribution in [0.25, 0.3) is 0 Å². The van der Waals surface area contributed by atoms with Gasteiger partial charge >= 0.3 is 15.5 Å². The largest absolute Gasteiger partial charge is 0.517 e. The molecule has 0 aromatic heterocycles. The summed E-state index contributed by atoms with van der Waals surface area (Å²) in [5.41, 5.74) is -5.50. The Bertz CT molecular complexity index is 370. The van der Waals surface area contributed by atoms with Crippen LogP contribution in [0.4, 0.5) is 13.2 Å². The van der Waals surface area contributed by atoms with E-state index < -0.39 is 25.8 Å². The van der Waals surface area contributed by atoms with Crippen molar-refractivity contribution in [3.63, 3.8) is 0 Å². The highest BCUT2D eigenvalue weighted by Crippen LogP contribution is 2.32. The molecule has 10 heteroatoms. The number of thiocarbonyl (C=S) groups is 1. The van der Waals surface area contributed by atoms with Gasteiger partial charge in [0, 0.05) is 0 Å². The second-order valence-electron chi connectivity index (χ2n) is 2.16. The first-order valence-electron chi connectivity index (χ1n) is 2.99. The third-order valence-electron chi connectivity index (χ3n) is 1.24. The molecule has 1 aliphatic heterocycles. The van der Waals surface area contributed by atoms with Crippen molar-refractivity contribution >= 4 is 44.2 Å². The number of amides is 1. The van der Waals surface area contributed by atoms with E-state index >= 15 is 0 Å². The van der Waals surface area contributed by atoms with Gasteiger partial charge in [-0.05, 0) is 0 Å². The summed E-state index contributed by atoms with van der Waals surface area (Å²) < 4.78 is 56.5. The molecule has 0 bridgehead atoms. The van der Waals surface area contributed by atoms with Crippen LogP contribution in [-0.2, 0) is 14.8 Å². The van der Waals surface area contributed by atoms with Crippen molar-refractivity contribution in [2.75, 3.05) is 5.75 Å². The predicted octanol–water partition coefficient (Wildman–Crippen LogP) is 0.696. The first-order valence-corrected chi connectivity index (χ1v) is 5.82. The molecule has 0 N–H and O–H groups in total. The second-order valence-corrected chi connectivity index (χ2v) is 5.55. The number of hydrogen-bond donors (Lipinski definition) is 0. The molecule has 0 atom stereocenters. The van der Waals surface area contributed by atoms with Crippen molar-refractivity contribution in [2.45, 2.75) is 5.51 Å². The van der Waals surface area contributed by atoms with E-state index in [9.17, 15) is 26.4 Å². The van der Waals surface area contributed by atoms with E-state index in [0.717, 1.165) is 0 Å². The van der Waals surface area contributed by atoms with Gasteiger partial charge in [-0.2, -0.15) is 25.9 Å². The summed E-state index contributed by atoms with van der Waals surface area (Å²) in [6.07, 6.45) is 0. The number of nitrogens with zero attached hydrogens (tertiary/aromatic N) is 1. The van der Waals surface area contributed by atoms with Crippen LogP contribution in [0.15, 0.2) is 0 Å². The number of carbonyl (C=O) groups excluding carboxylic acids is 1. The topological polar surface area (TPSA) is 54.5 Å². The Morgan fingerprint density at radius 3 is 2.21 bits per heavy atom. The highest BCUT2D eigenvalue weighted by Gasteiger charge is 2.54. The molecule has 1 heterocycles. The average Bonchev–Trinajstić information content (AvgIpc) is 2.28. The summed E-state index contributed by atoms with van der Waals surface area (Å²) in [4.78, 5) is 10.8. The Morgan fingerprint density at radius 1 is 1.43 bits per heavy atom. The van der Waals surface area contributed by atoms with Crippen molar-refractivity contribution < 1.29 is 26.4 Å². The molecule has 0 unspecified atom stereocenters. The van der Waals surface area contributed by atoms with Crippen LogP contribution < -0.4 is 0 Å². The van der Waals surface area contributed by atoms with E-state index in [4.69, 9.17) is 0 Å². The first-order chi connectivity index (χ1) is 6.18. The van der Waals surface area contributed by atoms with Gasteiger partial charge in [-0.25, -0.2) is 0 Å². The van der Waals surface area contributed by atoms with E-state index in [1.165, 1.54) is 0 Å². The van der Waals surface area contributed by atoms with E-state index in [-0.39, 0.29) is 10.1 Å². The van der Waals surface area contributed by atoms with Gasteiger partial charge in [-0.15, -0.1) is 0 Å². The minimum absolute atomic E-state index is 0.381. The monoisotopic (exact) mass is 265 g/mol. The molecule has 0 spiro atoms. The molecule has 1 saturated heterocycles. The smallest absolute Gasteiger partial charge is 0.272 e. The lowest BCUT2D eigenvalue weighted by molar-refractivity contribution is -0.121. The number of alkyl halides is 3. The lowest BCUT2D eigenvalue weighted by atomic mass is 10.7. The lowest BCUT2D eigenvalue weighted by Crippen LogP contribution is -2.43. The standard InChI is InChI=1S/C4H2F3NO3S3/c5-4(6,7)14(10,11)8-2(9)1-13-3(8)12/h1H2. The molecule has 1 fully saturated rings. The zero-order valence-corrected chi connectivity index (χ0v) is 8.69. The molecular weight excluding hydrogens is 263 g/mol. The zero-order valence-electron chi connectivity index (χ0n) is 6.24. The van der Waals surface area contributed by atoms with Gasteiger partial charge in [0.25, 0.3) is 5.91 Å². The fourth-order valence-corrected chi connectivity index (χ4v) is 3.12. The molecule has 0 aliphatic carbocycles. The van der Waals surface area contributed by atoms with E-state index in [1.807, 2.05) is 0 Å². The Morgan fingerprint density at radius 2 is 1.93 bits per heavy atom. The number of sulfonamides is 1. The highest BCUT2D eigenvalue weighted by molar-refractivity contribution is 8.25. The van der Waals surface area contributed by atoms with Crippen LogP contribution in [0.3, 0.4) is 0 Å². The molecular formula is C4H2F3NO3S3. The Labute approximate surface area is 86.5 Å². The van der Waals surface area contributed by atoms with Crippen molar-refractivity contribution in [3.8, 4) is 0 Å². The minimum atomic E-state index is -5.65. The van der Waals surface area contributed by atoms with Crippen molar-refractivity contribution in [3.05, 3.63) is 0 Å². The fourth-order valence-electron chi connectivity index (χ4n) is 0.678. The van der Waals surface area contributed by atoms with E-state index in [1.54, 1.807) is 0 Å². The minimum Gasteiger partial charge on any atom is -0.272 e. The second kappa shape index (κ2) is 3.35. The van der Waals surface area contributed by atoms with Crippen molar-refractivity contribution in [2.24, 2.45) is 0 Å². The van der Waals surface area contributed by atoms with Crippen LogP contribution in [0.2, 0.25) is 0 Å². The summed E-state index contributed by atoms with van der Waals surface area (Å²) in [6.45, 7) is 0. The quantitative estimate of drug-likeness (QED) is 0.653. The van der Waals surface area contributed by atoms with Gasteiger partial charge in [0.15, 0.2) is 4.32 Å². The van der Waals surface area contributed by atoms with Gasteiger partial charge in [0.05, 0.1) is 5.75 Å². The summed E-state index contributed by atoms with van der Waals surface area (Å²) in [5.74, 6) is -1.55. The van der Waals surface area contributed by atoms with Gasteiger partial charge in [-0.1, -0.05) is 24.0 Å². The first kappa shape index (κ1) is 11.7. The molecule has 1 aliphatic rings. The number of carbonyl (C=O) groups is 1. The summed E-state index contributed by atoms with van der Waals surface area (Å²) in [5, 5.41) is 0. The van der Waals surface area contributed by atoms with E-state index in [0.29, 0.717) is 11.8 Å². The van der Waals surface area contributed by atoms with Crippen LogP contribution in [0.1, 0.15) is 0 Å². The summed E-state index contributed by atoms with van der Waals surface area (Å²) in [7, 11) is -5.65. The SMILES string of the molecule is O=C1CSC(=S)N1S(=O)(=O)C(F)(F)F. The molecule has 0 radical (unpaired) electrons. The highest BCUT2D eigenvalue weighted by atomic mass is 32.2. The maximum Gasteiger partial charge on any atom is 0.517 e. The number of rotatable bonds is 1. The Balaban J connectivity index is 3.17. The number of hydrogen-bond acceptors (Lipinski definition) is 5. The maximum absolute atomic E-state index is 12.0. The van der Waals surface area contributed by atoms with Gasteiger partial charge in [-0.3, -0.25) is 4.79 Å². The van der Waals surface area contributed by atoms with Crippen LogP contribution in [0.5, 0.6) is 0 Å². The Kier molecular flexibility index (Phi) is 2.80. The normalized spacial score (nSPS) is 19.2. The lowest BCUT2D eigenvalue weighted by Gasteiger charge is -2.16. The predicted molar refractivity (Wildman–Crippen MR) is 46.9 cm³/mol. The summed E-state index contributed by atoms with van der Waals surface area (Å²) in [6, 6.07) is 0. The molecule has 0 aromatic rings. The molecule has 14 heavy (non-hydrogen) atoms. The van der Waals surface area contributed by atoms with Gasteiger partial charge in [0.2, 0.25) is 0 Å². The van der Waals surface area contributed by atoms with Crippen LogP contribution >= 0.6 is 24.0 Å². The van der Waals surface area contributed by atoms with Gasteiger partial charge in [0.1, 0.15) is 0 Å². The van der Waals surface area contributed by atoms with Crippen LogP contribution in [-0.4, -0.2) is 34.2 Å².